The molecule has 0 unspecified atom stereocenters. The van der Waals surface area contributed by atoms with Crippen molar-refractivity contribution >= 4 is 11.6 Å². The number of hydrogen-bond donors (Lipinski definition) is 1. The van der Waals surface area contributed by atoms with E-state index >= 15 is 0 Å². The van der Waals surface area contributed by atoms with Gasteiger partial charge in [0.2, 0.25) is 0 Å². The molecule has 4 nitrogen and oxygen atoms in total. The number of rotatable bonds is 6. The molecule has 0 atom stereocenters. The normalized spacial score (nSPS) is 13.7. The van der Waals surface area contributed by atoms with Gasteiger partial charge in [0.05, 0.1) is 11.6 Å². The smallest absolute Gasteiger partial charge is 0.179 e. The molecule has 0 bridgehead atoms. The second kappa shape index (κ2) is 6.83. The molecule has 0 saturated carbocycles. The molecule has 0 saturated heterocycles. The van der Waals surface area contributed by atoms with E-state index in [2.05, 4.69) is 5.32 Å². The fourth-order valence-corrected chi connectivity index (χ4v) is 2.08. The average molecular weight is 272 g/mol. The minimum Gasteiger partial charge on any atom is -0.486 e. The van der Waals surface area contributed by atoms with Gasteiger partial charge >= 0.3 is 0 Å². The minimum absolute atomic E-state index is 0.554. The molecule has 1 aliphatic heterocycles. The van der Waals surface area contributed by atoms with Crippen LogP contribution in [0.3, 0.4) is 0 Å². The lowest BCUT2D eigenvalue weighted by Crippen LogP contribution is -2.20. The van der Waals surface area contributed by atoms with E-state index in [1.165, 1.54) is 0 Å². The van der Waals surface area contributed by atoms with Gasteiger partial charge in [0.1, 0.15) is 13.2 Å². The van der Waals surface area contributed by atoms with Crippen molar-refractivity contribution in [3.05, 3.63) is 22.7 Å². The predicted molar refractivity (Wildman–Crippen MR) is 70.6 cm³/mol. The summed E-state index contributed by atoms with van der Waals surface area (Å²) in [7, 11) is 0. The van der Waals surface area contributed by atoms with Crippen LogP contribution in [0.15, 0.2) is 12.1 Å². The fourth-order valence-electron chi connectivity index (χ4n) is 1.79. The summed E-state index contributed by atoms with van der Waals surface area (Å²) in [4.78, 5) is 0. The third-order valence-electron chi connectivity index (χ3n) is 2.61. The maximum absolute atomic E-state index is 6.15. The molecular formula is C13H18ClNO3. The highest BCUT2D eigenvalue weighted by atomic mass is 35.5. The molecule has 2 rings (SSSR count). The molecule has 1 aromatic rings. The molecule has 100 valence electrons. The summed E-state index contributed by atoms with van der Waals surface area (Å²) in [6.45, 7) is 6.14. The molecule has 1 N–H and O–H groups in total. The van der Waals surface area contributed by atoms with Gasteiger partial charge in [-0.1, -0.05) is 11.6 Å². The van der Waals surface area contributed by atoms with E-state index < -0.39 is 0 Å². The van der Waals surface area contributed by atoms with E-state index in [-0.39, 0.29) is 0 Å². The zero-order valence-electron chi connectivity index (χ0n) is 10.5. The molecule has 18 heavy (non-hydrogen) atoms. The Kier molecular flexibility index (Phi) is 5.11. The van der Waals surface area contributed by atoms with E-state index in [1.54, 1.807) is 0 Å². The van der Waals surface area contributed by atoms with Crippen LogP contribution in [0.5, 0.6) is 11.5 Å². The molecular weight excluding hydrogens is 254 g/mol. The zero-order valence-corrected chi connectivity index (χ0v) is 11.3. The summed E-state index contributed by atoms with van der Waals surface area (Å²) >= 11 is 6.15. The number of fused-ring (bicyclic) bond motifs is 1. The Hall–Kier alpha value is -0.970. The van der Waals surface area contributed by atoms with Crippen molar-refractivity contribution in [2.45, 2.75) is 13.5 Å². The number of hydrogen-bond acceptors (Lipinski definition) is 4. The van der Waals surface area contributed by atoms with Crippen LogP contribution >= 0.6 is 11.6 Å². The van der Waals surface area contributed by atoms with E-state index in [0.717, 1.165) is 37.6 Å². The summed E-state index contributed by atoms with van der Waals surface area (Å²) < 4.78 is 16.2. The fraction of sp³-hybridized carbons (Fsp3) is 0.538. The van der Waals surface area contributed by atoms with Crippen molar-refractivity contribution in [3.63, 3.8) is 0 Å². The Morgan fingerprint density at radius 3 is 3.00 bits per heavy atom. The maximum Gasteiger partial charge on any atom is 0.179 e. The first-order chi connectivity index (χ1) is 8.81. The number of ether oxygens (including phenoxy) is 3. The summed E-state index contributed by atoms with van der Waals surface area (Å²) in [6, 6.07) is 3.87. The molecule has 1 aromatic carbocycles. The Morgan fingerprint density at radius 2 is 2.17 bits per heavy atom. The van der Waals surface area contributed by atoms with Crippen molar-refractivity contribution in [1.82, 2.24) is 5.32 Å². The van der Waals surface area contributed by atoms with E-state index in [9.17, 15) is 0 Å². The highest BCUT2D eigenvalue weighted by Gasteiger charge is 2.16. The van der Waals surface area contributed by atoms with Gasteiger partial charge in [-0.2, -0.15) is 0 Å². The van der Waals surface area contributed by atoms with Gasteiger partial charge in [0.15, 0.2) is 11.5 Å². The quantitative estimate of drug-likeness (QED) is 0.806. The van der Waals surface area contributed by atoms with Crippen molar-refractivity contribution < 1.29 is 14.2 Å². The summed E-state index contributed by atoms with van der Waals surface area (Å²) in [5, 5.41) is 3.90. The molecule has 0 amide bonds. The first kappa shape index (κ1) is 13.5. The minimum atomic E-state index is 0.554. The summed E-state index contributed by atoms with van der Waals surface area (Å²) in [5.41, 5.74) is 1.08. The van der Waals surface area contributed by atoms with Gasteiger partial charge in [-0.3, -0.25) is 0 Å². The topological polar surface area (TPSA) is 39.7 Å². The molecule has 0 spiro atoms. The monoisotopic (exact) mass is 271 g/mol. The lowest BCUT2D eigenvalue weighted by Gasteiger charge is -2.20. The van der Waals surface area contributed by atoms with Crippen LogP contribution < -0.4 is 14.8 Å². The van der Waals surface area contributed by atoms with Gasteiger partial charge in [-0.25, -0.2) is 0 Å². The second-order valence-corrected chi connectivity index (χ2v) is 4.38. The average Bonchev–Trinajstić information content (AvgIpc) is 2.39. The first-order valence-electron chi connectivity index (χ1n) is 6.17. The first-order valence-corrected chi connectivity index (χ1v) is 6.55. The Bertz CT molecular complexity index is 398. The summed E-state index contributed by atoms with van der Waals surface area (Å²) in [5.74, 6) is 1.39. The predicted octanol–water partition coefficient (Wildman–Crippen LogP) is 2.24. The van der Waals surface area contributed by atoms with Crippen molar-refractivity contribution in [3.8, 4) is 11.5 Å². The standard InChI is InChI=1S/C13H18ClNO3/c1-2-16-4-3-15-9-10-7-11(14)13-12(8-10)17-5-6-18-13/h7-8,15H,2-6,9H2,1H3. The SMILES string of the molecule is CCOCCNCc1cc(Cl)c2c(c1)OCCO2. The van der Waals surface area contributed by atoms with Gasteiger partial charge in [0, 0.05) is 19.7 Å². The van der Waals surface area contributed by atoms with Crippen LogP contribution in [0.25, 0.3) is 0 Å². The molecule has 1 aliphatic rings. The zero-order chi connectivity index (χ0) is 12.8. The molecule has 0 fully saturated rings. The van der Waals surface area contributed by atoms with Crippen LogP contribution in [0.1, 0.15) is 12.5 Å². The summed E-state index contributed by atoms with van der Waals surface area (Å²) in [6.07, 6.45) is 0. The Labute approximate surface area is 112 Å². The van der Waals surface area contributed by atoms with Crippen molar-refractivity contribution in [1.29, 1.82) is 0 Å². The van der Waals surface area contributed by atoms with E-state index in [0.29, 0.717) is 24.0 Å². The van der Waals surface area contributed by atoms with Crippen LogP contribution in [-0.2, 0) is 11.3 Å². The third-order valence-corrected chi connectivity index (χ3v) is 2.89. The lowest BCUT2D eigenvalue weighted by atomic mass is 10.2. The molecule has 0 aromatic heterocycles. The molecule has 5 heteroatoms. The molecule has 0 aliphatic carbocycles. The second-order valence-electron chi connectivity index (χ2n) is 3.98. The largest absolute Gasteiger partial charge is 0.486 e. The highest BCUT2D eigenvalue weighted by molar-refractivity contribution is 6.32. The van der Waals surface area contributed by atoms with Crippen LogP contribution in [0, 0.1) is 0 Å². The number of nitrogens with one attached hydrogen (secondary N) is 1. The number of benzene rings is 1. The molecule has 0 radical (unpaired) electrons. The van der Waals surface area contributed by atoms with Crippen LogP contribution in [-0.4, -0.2) is 33.0 Å². The van der Waals surface area contributed by atoms with Crippen molar-refractivity contribution in [2.24, 2.45) is 0 Å². The van der Waals surface area contributed by atoms with E-state index in [1.807, 2.05) is 19.1 Å². The number of halogens is 1. The van der Waals surface area contributed by atoms with Gasteiger partial charge in [-0.05, 0) is 24.6 Å². The van der Waals surface area contributed by atoms with E-state index in [4.69, 9.17) is 25.8 Å². The molecule has 1 heterocycles. The maximum atomic E-state index is 6.15. The van der Waals surface area contributed by atoms with Gasteiger partial charge in [-0.15, -0.1) is 0 Å². The third kappa shape index (κ3) is 3.51. The van der Waals surface area contributed by atoms with Gasteiger partial charge in [0.25, 0.3) is 0 Å². The van der Waals surface area contributed by atoms with Crippen LogP contribution in [0.2, 0.25) is 5.02 Å². The van der Waals surface area contributed by atoms with Gasteiger partial charge < -0.3 is 19.5 Å². The van der Waals surface area contributed by atoms with Crippen molar-refractivity contribution in [2.75, 3.05) is 33.0 Å². The van der Waals surface area contributed by atoms with Crippen LogP contribution in [0.4, 0.5) is 0 Å². The Morgan fingerprint density at radius 1 is 1.33 bits per heavy atom. The highest BCUT2D eigenvalue weighted by Crippen LogP contribution is 2.38. The lowest BCUT2D eigenvalue weighted by molar-refractivity contribution is 0.149. The Balaban J connectivity index is 1.91.